The van der Waals surface area contributed by atoms with Crippen LogP contribution in [0.15, 0.2) is 0 Å². The van der Waals surface area contributed by atoms with E-state index in [1.165, 1.54) is 25.7 Å². The summed E-state index contributed by atoms with van der Waals surface area (Å²) in [4.78, 5) is 13.2. The number of aliphatic hydroxyl groups is 2. The molecule has 3 heteroatoms. The number of carbonyl (C=O) groups is 1. The van der Waals surface area contributed by atoms with E-state index in [9.17, 15) is 15.0 Å². The third-order valence-corrected chi connectivity index (χ3v) is 11.9. The fourth-order valence-electron chi connectivity index (χ4n) is 10.5. The minimum atomic E-state index is -0.733. The van der Waals surface area contributed by atoms with E-state index < -0.39 is 5.60 Å². The van der Waals surface area contributed by atoms with Crippen molar-refractivity contribution in [1.29, 1.82) is 0 Å². The standard InChI is InChI=1S/C26H42O3/c1-16-13-20-21(24(4)11-8-19(28)15-26(16,24)29)9-12-23(3)22(20)14-18-7-5-6-10-25(18,23)17(2)27/h16,18-22,28-29H,5-15H2,1-4H3/t16-,18-,19+,20-,21+,22+,23+,24-,25+,26+/m1/s1. The summed E-state index contributed by atoms with van der Waals surface area (Å²) in [6.45, 7) is 8.96. The van der Waals surface area contributed by atoms with Gasteiger partial charge in [-0.15, -0.1) is 0 Å². The molecule has 2 N–H and O–H groups in total. The van der Waals surface area contributed by atoms with Crippen molar-refractivity contribution in [3.8, 4) is 0 Å². The van der Waals surface area contributed by atoms with Crippen molar-refractivity contribution in [1.82, 2.24) is 0 Å². The zero-order valence-electron chi connectivity index (χ0n) is 19.0. The van der Waals surface area contributed by atoms with E-state index >= 15 is 0 Å². The van der Waals surface area contributed by atoms with Crippen LogP contribution in [0.3, 0.4) is 0 Å². The fraction of sp³-hybridized carbons (Fsp3) is 0.962. The lowest BCUT2D eigenvalue weighted by Crippen LogP contribution is -2.66. The van der Waals surface area contributed by atoms with E-state index in [1.54, 1.807) is 0 Å². The minimum Gasteiger partial charge on any atom is -0.393 e. The number of Topliss-reactive ketones (excluding diaryl/α,β-unsaturated/α-hetero) is 1. The number of aliphatic hydroxyl groups excluding tert-OH is 1. The number of rotatable bonds is 1. The summed E-state index contributed by atoms with van der Waals surface area (Å²) >= 11 is 0. The second kappa shape index (κ2) is 6.31. The highest BCUT2D eigenvalue weighted by atomic mass is 16.3. The number of hydrogen-bond acceptors (Lipinski definition) is 3. The van der Waals surface area contributed by atoms with Crippen molar-refractivity contribution in [3.63, 3.8) is 0 Å². The van der Waals surface area contributed by atoms with Crippen LogP contribution in [0, 0.1) is 45.8 Å². The Bertz CT molecular complexity index is 704. The topological polar surface area (TPSA) is 57.5 Å². The van der Waals surface area contributed by atoms with Crippen LogP contribution in [0.4, 0.5) is 0 Å². The van der Waals surface area contributed by atoms with Crippen LogP contribution in [0.5, 0.6) is 0 Å². The molecule has 29 heavy (non-hydrogen) atoms. The highest BCUT2D eigenvalue weighted by Gasteiger charge is 2.71. The molecule has 0 aromatic rings. The van der Waals surface area contributed by atoms with Crippen molar-refractivity contribution in [2.24, 2.45) is 45.8 Å². The van der Waals surface area contributed by atoms with Gasteiger partial charge in [0.2, 0.25) is 0 Å². The molecule has 5 saturated carbocycles. The lowest BCUT2D eigenvalue weighted by atomic mass is 9.40. The van der Waals surface area contributed by atoms with Crippen molar-refractivity contribution in [3.05, 3.63) is 0 Å². The summed E-state index contributed by atoms with van der Waals surface area (Å²) in [6, 6.07) is 0. The summed E-state index contributed by atoms with van der Waals surface area (Å²) in [7, 11) is 0. The van der Waals surface area contributed by atoms with E-state index in [-0.39, 0.29) is 28.3 Å². The number of carbonyl (C=O) groups excluding carboxylic acids is 1. The zero-order valence-corrected chi connectivity index (χ0v) is 19.0. The van der Waals surface area contributed by atoms with Crippen molar-refractivity contribution < 1.29 is 15.0 Å². The van der Waals surface area contributed by atoms with E-state index in [1.807, 2.05) is 6.92 Å². The third kappa shape index (κ3) is 2.30. The van der Waals surface area contributed by atoms with E-state index in [0.717, 1.165) is 38.5 Å². The van der Waals surface area contributed by atoms with Crippen molar-refractivity contribution >= 4 is 5.78 Å². The maximum absolute atomic E-state index is 13.2. The van der Waals surface area contributed by atoms with Gasteiger partial charge in [0, 0.05) is 11.8 Å². The molecule has 0 unspecified atom stereocenters. The Kier molecular flexibility index (Phi) is 4.46. The van der Waals surface area contributed by atoms with Crippen LogP contribution in [-0.2, 0) is 4.79 Å². The van der Waals surface area contributed by atoms with Gasteiger partial charge in [0.25, 0.3) is 0 Å². The molecular formula is C26H42O3. The van der Waals surface area contributed by atoms with E-state index in [2.05, 4.69) is 20.8 Å². The second-order valence-corrected chi connectivity index (χ2v) is 12.4. The molecule has 0 aliphatic heterocycles. The predicted molar refractivity (Wildman–Crippen MR) is 114 cm³/mol. The molecule has 164 valence electrons. The molecular weight excluding hydrogens is 360 g/mol. The Morgan fingerprint density at radius 3 is 2.38 bits per heavy atom. The number of hydrogen-bond donors (Lipinski definition) is 2. The highest BCUT2D eigenvalue weighted by molar-refractivity contribution is 5.84. The van der Waals surface area contributed by atoms with Crippen LogP contribution in [0.1, 0.15) is 98.3 Å². The first-order valence-corrected chi connectivity index (χ1v) is 12.5. The smallest absolute Gasteiger partial charge is 0.136 e. The molecule has 5 rings (SSSR count). The molecule has 0 aromatic carbocycles. The normalized spacial score (nSPS) is 59.2. The molecule has 0 spiro atoms. The van der Waals surface area contributed by atoms with Gasteiger partial charge in [0.05, 0.1) is 11.7 Å². The predicted octanol–water partition coefficient (Wildman–Crippen LogP) is 5.13. The molecule has 0 bridgehead atoms. The van der Waals surface area contributed by atoms with Gasteiger partial charge < -0.3 is 10.2 Å². The lowest BCUT2D eigenvalue weighted by Gasteiger charge is -2.66. The Hall–Kier alpha value is -0.410. The largest absolute Gasteiger partial charge is 0.393 e. The van der Waals surface area contributed by atoms with Crippen LogP contribution in [0.25, 0.3) is 0 Å². The Balaban J connectivity index is 1.55. The third-order valence-electron chi connectivity index (χ3n) is 11.9. The molecule has 5 fully saturated rings. The average Bonchev–Trinajstić information content (AvgIpc) is 2.95. The Morgan fingerprint density at radius 2 is 1.66 bits per heavy atom. The molecule has 0 heterocycles. The maximum atomic E-state index is 13.2. The zero-order chi connectivity index (χ0) is 20.8. The molecule has 0 aromatic heterocycles. The highest BCUT2D eigenvalue weighted by Crippen LogP contribution is 2.75. The van der Waals surface area contributed by atoms with Crippen LogP contribution < -0.4 is 0 Å². The average molecular weight is 403 g/mol. The number of ketones is 1. The SMILES string of the molecule is CC(=O)[C@@]12CCCC[C@@H]1C[C@H]1[C@@H]3C[C@@H](C)[C@@]4(O)C[C@@H](O)CC[C@]4(C)[C@H]3CC[C@@]12C. The number of fused-ring (bicyclic) bond motifs is 7. The molecule has 5 aliphatic carbocycles. The van der Waals surface area contributed by atoms with Gasteiger partial charge in [-0.25, -0.2) is 0 Å². The summed E-state index contributed by atoms with van der Waals surface area (Å²) < 4.78 is 0. The van der Waals surface area contributed by atoms with Gasteiger partial charge in [0.15, 0.2) is 0 Å². The van der Waals surface area contributed by atoms with Gasteiger partial charge in [-0.3, -0.25) is 4.79 Å². The summed E-state index contributed by atoms with van der Waals surface area (Å²) in [5.41, 5.74) is -0.761. The van der Waals surface area contributed by atoms with E-state index in [0.29, 0.717) is 35.9 Å². The molecule has 0 saturated heterocycles. The lowest BCUT2D eigenvalue weighted by molar-refractivity contribution is -0.246. The fourth-order valence-corrected chi connectivity index (χ4v) is 10.5. The molecule has 0 amide bonds. The van der Waals surface area contributed by atoms with Gasteiger partial charge in [-0.1, -0.05) is 33.6 Å². The first-order chi connectivity index (χ1) is 13.6. The molecule has 5 aliphatic rings. The van der Waals surface area contributed by atoms with Crippen molar-refractivity contribution in [2.75, 3.05) is 0 Å². The molecule has 10 atom stereocenters. The summed E-state index contributed by atoms with van der Waals surface area (Å²) in [5, 5.41) is 22.2. The van der Waals surface area contributed by atoms with Crippen LogP contribution >= 0.6 is 0 Å². The van der Waals surface area contributed by atoms with Crippen molar-refractivity contribution in [2.45, 2.75) is 110 Å². The molecule has 3 nitrogen and oxygen atoms in total. The summed E-state index contributed by atoms with van der Waals surface area (Å²) in [5.74, 6) is 3.08. The first-order valence-electron chi connectivity index (χ1n) is 12.5. The summed E-state index contributed by atoms with van der Waals surface area (Å²) in [6.07, 6.45) is 11.5. The van der Waals surface area contributed by atoms with Gasteiger partial charge in [-0.2, -0.15) is 0 Å². The van der Waals surface area contributed by atoms with Gasteiger partial charge in [0.1, 0.15) is 5.78 Å². The molecule has 0 radical (unpaired) electrons. The van der Waals surface area contributed by atoms with Crippen LogP contribution in [0.2, 0.25) is 0 Å². The first kappa shape index (κ1) is 20.5. The van der Waals surface area contributed by atoms with Gasteiger partial charge in [-0.05, 0) is 98.7 Å². The monoisotopic (exact) mass is 402 g/mol. The van der Waals surface area contributed by atoms with Gasteiger partial charge >= 0.3 is 0 Å². The van der Waals surface area contributed by atoms with E-state index in [4.69, 9.17) is 0 Å². The maximum Gasteiger partial charge on any atom is 0.136 e. The minimum absolute atomic E-state index is 0.0818. The van der Waals surface area contributed by atoms with Crippen LogP contribution in [-0.4, -0.2) is 27.7 Å². The Morgan fingerprint density at radius 1 is 0.931 bits per heavy atom. The second-order valence-electron chi connectivity index (χ2n) is 12.4. The quantitative estimate of drug-likeness (QED) is 0.639. The Labute approximate surface area is 177 Å².